The Bertz CT molecular complexity index is 385. The molecule has 1 fully saturated rings. The van der Waals surface area contributed by atoms with Crippen molar-refractivity contribution >= 4 is 23.4 Å². The summed E-state index contributed by atoms with van der Waals surface area (Å²) in [4.78, 5) is 0. The molecule has 1 saturated heterocycles. The lowest BCUT2D eigenvalue weighted by atomic mass is 10.1. The first-order valence-corrected chi connectivity index (χ1v) is 8.13. The number of hydrogen-bond donors (Lipinski definition) is 2. The smallest absolute Gasteiger partial charge is 0.138 e. The maximum atomic E-state index is 9.84. The van der Waals surface area contributed by atoms with Crippen LogP contribution < -0.4 is 10.1 Å². The van der Waals surface area contributed by atoms with Crippen LogP contribution >= 0.6 is 23.4 Å². The molecule has 0 aliphatic carbocycles. The Labute approximate surface area is 123 Å². The van der Waals surface area contributed by atoms with E-state index >= 15 is 0 Å². The van der Waals surface area contributed by atoms with Gasteiger partial charge in [0, 0.05) is 6.54 Å². The second-order valence-corrected chi connectivity index (χ2v) is 6.34. The SMILES string of the molecule is OC(CNCC1CCSC1)COc1ccccc1Cl. The van der Waals surface area contributed by atoms with E-state index in [1.165, 1.54) is 17.9 Å². The van der Waals surface area contributed by atoms with Crippen LogP contribution in [0.2, 0.25) is 5.02 Å². The fourth-order valence-electron chi connectivity index (χ4n) is 2.01. The van der Waals surface area contributed by atoms with E-state index in [2.05, 4.69) is 5.32 Å². The molecule has 5 heteroatoms. The Kier molecular flexibility index (Phi) is 6.31. The quantitative estimate of drug-likeness (QED) is 0.811. The Hall–Kier alpha value is -0.420. The number of aliphatic hydroxyl groups excluding tert-OH is 1. The topological polar surface area (TPSA) is 41.5 Å². The Morgan fingerprint density at radius 2 is 2.32 bits per heavy atom. The lowest BCUT2D eigenvalue weighted by molar-refractivity contribution is 0.106. The van der Waals surface area contributed by atoms with E-state index in [1.807, 2.05) is 23.9 Å². The highest BCUT2D eigenvalue weighted by Crippen LogP contribution is 2.23. The van der Waals surface area contributed by atoms with Gasteiger partial charge in [0.15, 0.2) is 0 Å². The molecule has 0 bridgehead atoms. The first-order valence-electron chi connectivity index (χ1n) is 6.59. The van der Waals surface area contributed by atoms with Gasteiger partial charge in [0.1, 0.15) is 18.5 Å². The van der Waals surface area contributed by atoms with Gasteiger partial charge in [-0.25, -0.2) is 0 Å². The Morgan fingerprint density at radius 3 is 3.05 bits per heavy atom. The molecule has 3 nitrogen and oxygen atoms in total. The molecule has 106 valence electrons. The van der Waals surface area contributed by atoms with E-state index in [0.29, 0.717) is 17.3 Å². The molecule has 19 heavy (non-hydrogen) atoms. The number of halogens is 1. The van der Waals surface area contributed by atoms with Crippen molar-refractivity contribution in [3.8, 4) is 5.75 Å². The van der Waals surface area contributed by atoms with Gasteiger partial charge in [0.2, 0.25) is 0 Å². The molecular formula is C14H20ClNO2S. The molecular weight excluding hydrogens is 282 g/mol. The van der Waals surface area contributed by atoms with Gasteiger partial charge in [0.05, 0.1) is 5.02 Å². The summed E-state index contributed by atoms with van der Waals surface area (Å²) < 4.78 is 5.50. The molecule has 1 aliphatic rings. The minimum Gasteiger partial charge on any atom is -0.489 e. The molecule has 1 aromatic rings. The highest BCUT2D eigenvalue weighted by molar-refractivity contribution is 7.99. The van der Waals surface area contributed by atoms with Crippen LogP contribution in [0.3, 0.4) is 0 Å². The van der Waals surface area contributed by atoms with Crippen LogP contribution in [0.25, 0.3) is 0 Å². The zero-order valence-corrected chi connectivity index (χ0v) is 12.4. The maximum absolute atomic E-state index is 9.84. The van der Waals surface area contributed by atoms with E-state index in [4.69, 9.17) is 16.3 Å². The van der Waals surface area contributed by atoms with Crippen LogP contribution in [0.15, 0.2) is 24.3 Å². The standard InChI is InChI=1S/C14H20ClNO2S/c15-13-3-1-2-4-14(13)18-9-12(17)8-16-7-11-5-6-19-10-11/h1-4,11-12,16-17H,5-10H2. The third-order valence-corrected chi connectivity index (χ3v) is 4.65. The van der Waals surface area contributed by atoms with Gasteiger partial charge in [-0.05, 0) is 42.5 Å². The molecule has 2 atom stereocenters. The maximum Gasteiger partial charge on any atom is 0.138 e. The molecule has 1 aliphatic heterocycles. The molecule has 2 unspecified atom stereocenters. The number of para-hydroxylation sites is 1. The summed E-state index contributed by atoms with van der Waals surface area (Å²) in [6.07, 6.45) is 0.773. The molecule has 1 aromatic carbocycles. The van der Waals surface area contributed by atoms with Crippen molar-refractivity contribution in [1.29, 1.82) is 0 Å². The molecule has 0 saturated carbocycles. The fourth-order valence-corrected chi connectivity index (χ4v) is 3.48. The van der Waals surface area contributed by atoms with Crippen molar-refractivity contribution in [2.45, 2.75) is 12.5 Å². The average Bonchev–Trinajstić information content (AvgIpc) is 2.91. The van der Waals surface area contributed by atoms with Gasteiger partial charge in [-0.1, -0.05) is 23.7 Å². The van der Waals surface area contributed by atoms with Crippen LogP contribution in [0.1, 0.15) is 6.42 Å². The van der Waals surface area contributed by atoms with Gasteiger partial charge >= 0.3 is 0 Å². The van der Waals surface area contributed by atoms with Gasteiger partial charge in [-0.15, -0.1) is 0 Å². The summed E-state index contributed by atoms with van der Waals surface area (Å²) in [5, 5.41) is 13.7. The Morgan fingerprint density at radius 1 is 1.47 bits per heavy atom. The van der Waals surface area contributed by atoms with Crippen molar-refractivity contribution in [1.82, 2.24) is 5.32 Å². The molecule has 0 amide bonds. The monoisotopic (exact) mass is 301 g/mol. The highest BCUT2D eigenvalue weighted by Gasteiger charge is 2.15. The van der Waals surface area contributed by atoms with E-state index in [0.717, 1.165) is 12.5 Å². The van der Waals surface area contributed by atoms with Crippen molar-refractivity contribution in [2.24, 2.45) is 5.92 Å². The zero-order valence-electron chi connectivity index (χ0n) is 10.8. The summed E-state index contributed by atoms with van der Waals surface area (Å²) in [6, 6.07) is 7.30. The van der Waals surface area contributed by atoms with Crippen LogP contribution in [0, 0.1) is 5.92 Å². The first kappa shape index (κ1) is 15.0. The minimum atomic E-state index is -0.509. The molecule has 2 N–H and O–H groups in total. The summed E-state index contributed by atoms with van der Waals surface area (Å²) in [5.74, 6) is 3.88. The summed E-state index contributed by atoms with van der Waals surface area (Å²) in [5.41, 5.74) is 0. The third-order valence-electron chi connectivity index (χ3n) is 3.10. The lowest BCUT2D eigenvalue weighted by Crippen LogP contribution is -2.34. The van der Waals surface area contributed by atoms with E-state index < -0.39 is 6.10 Å². The number of thioether (sulfide) groups is 1. The summed E-state index contributed by atoms with van der Waals surface area (Å²) >= 11 is 7.98. The molecule has 1 heterocycles. The van der Waals surface area contributed by atoms with E-state index in [-0.39, 0.29) is 6.61 Å². The highest BCUT2D eigenvalue weighted by atomic mass is 35.5. The predicted octanol–water partition coefficient (Wildman–Crippen LogP) is 2.42. The van der Waals surface area contributed by atoms with Gasteiger partial charge in [0.25, 0.3) is 0 Å². The van der Waals surface area contributed by atoms with Crippen molar-refractivity contribution in [3.63, 3.8) is 0 Å². The molecule has 0 spiro atoms. The number of ether oxygens (including phenoxy) is 1. The van der Waals surface area contributed by atoms with Crippen LogP contribution in [-0.2, 0) is 0 Å². The number of aliphatic hydroxyl groups is 1. The largest absolute Gasteiger partial charge is 0.489 e. The minimum absolute atomic E-state index is 0.260. The number of hydrogen-bond acceptors (Lipinski definition) is 4. The van der Waals surface area contributed by atoms with Gasteiger partial charge < -0.3 is 15.2 Å². The summed E-state index contributed by atoms with van der Waals surface area (Å²) in [7, 11) is 0. The molecule has 0 aromatic heterocycles. The van der Waals surface area contributed by atoms with Crippen LogP contribution in [0.5, 0.6) is 5.75 Å². The predicted molar refractivity (Wildman–Crippen MR) is 81.3 cm³/mol. The average molecular weight is 302 g/mol. The normalized spacial score (nSPS) is 20.4. The first-order chi connectivity index (χ1) is 9.25. The second-order valence-electron chi connectivity index (χ2n) is 4.78. The zero-order chi connectivity index (χ0) is 13.5. The lowest BCUT2D eigenvalue weighted by Gasteiger charge is -2.15. The van der Waals surface area contributed by atoms with Gasteiger partial charge in [-0.3, -0.25) is 0 Å². The fraction of sp³-hybridized carbons (Fsp3) is 0.571. The number of nitrogens with one attached hydrogen (secondary N) is 1. The number of benzene rings is 1. The third kappa shape index (κ3) is 5.22. The molecule has 0 radical (unpaired) electrons. The number of rotatable bonds is 7. The van der Waals surface area contributed by atoms with Crippen LogP contribution in [-0.4, -0.2) is 42.4 Å². The van der Waals surface area contributed by atoms with E-state index in [9.17, 15) is 5.11 Å². The van der Waals surface area contributed by atoms with Gasteiger partial charge in [-0.2, -0.15) is 11.8 Å². The van der Waals surface area contributed by atoms with Crippen LogP contribution in [0.4, 0.5) is 0 Å². The molecule has 2 rings (SSSR count). The van der Waals surface area contributed by atoms with Crippen molar-refractivity contribution in [2.75, 3.05) is 31.2 Å². The van der Waals surface area contributed by atoms with Crippen molar-refractivity contribution in [3.05, 3.63) is 29.3 Å². The second kappa shape index (κ2) is 8.00. The van der Waals surface area contributed by atoms with E-state index in [1.54, 1.807) is 12.1 Å². The Balaban J connectivity index is 1.61. The van der Waals surface area contributed by atoms with Crippen molar-refractivity contribution < 1.29 is 9.84 Å². The summed E-state index contributed by atoms with van der Waals surface area (Å²) in [6.45, 7) is 1.80.